The number of imidazole rings is 1. The standard InChI is InChI=1S/C15H19N3O2S/c1-17(9-12(19)10-6-7-10)14(20)13-11-5-3-4-8-18(11)15(16-13)21-2/h3-5,8,10,12,19H,6-7,9H2,1-2H3. The molecule has 3 rings (SSSR count). The van der Waals surface area contributed by atoms with E-state index in [4.69, 9.17) is 0 Å². The highest BCUT2D eigenvalue weighted by Crippen LogP contribution is 2.33. The summed E-state index contributed by atoms with van der Waals surface area (Å²) in [6.45, 7) is 0.365. The van der Waals surface area contributed by atoms with Crippen molar-refractivity contribution in [2.75, 3.05) is 19.8 Å². The molecule has 0 aromatic carbocycles. The van der Waals surface area contributed by atoms with Crippen LogP contribution in [0.15, 0.2) is 29.6 Å². The molecule has 2 heterocycles. The smallest absolute Gasteiger partial charge is 0.274 e. The normalized spacial score (nSPS) is 16.1. The van der Waals surface area contributed by atoms with Crippen molar-refractivity contribution in [3.05, 3.63) is 30.1 Å². The first-order valence-corrected chi connectivity index (χ1v) is 8.29. The van der Waals surface area contributed by atoms with Crippen LogP contribution < -0.4 is 0 Å². The zero-order chi connectivity index (χ0) is 15.0. The molecule has 0 aliphatic heterocycles. The van der Waals surface area contributed by atoms with Crippen LogP contribution in [-0.4, -0.2) is 51.3 Å². The molecule has 1 N–H and O–H groups in total. The number of hydrogen-bond donors (Lipinski definition) is 1. The molecule has 2 aromatic heterocycles. The number of amides is 1. The summed E-state index contributed by atoms with van der Waals surface area (Å²) in [7, 11) is 1.72. The molecule has 1 amide bonds. The maximum Gasteiger partial charge on any atom is 0.274 e. The van der Waals surface area contributed by atoms with Gasteiger partial charge in [-0.1, -0.05) is 17.8 Å². The summed E-state index contributed by atoms with van der Waals surface area (Å²) in [5.41, 5.74) is 1.25. The van der Waals surface area contributed by atoms with Crippen molar-refractivity contribution >= 4 is 23.2 Å². The maximum atomic E-state index is 12.6. The third-order valence-electron chi connectivity index (χ3n) is 3.87. The van der Waals surface area contributed by atoms with E-state index in [0.717, 1.165) is 23.5 Å². The lowest BCUT2D eigenvalue weighted by Gasteiger charge is -2.19. The molecule has 1 atom stereocenters. The zero-order valence-corrected chi connectivity index (χ0v) is 13.0. The van der Waals surface area contributed by atoms with Crippen LogP contribution in [0.2, 0.25) is 0 Å². The van der Waals surface area contributed by atoms with Crippen molar-refractivity contribution in [3.63, 3.8) is 0 Å². The Morgan fingerprint density at radius 3 is 3.00 bits per heavy atom. The number of thioether (sulfide) groups is 1. The van der Waals surface area contributed by atoms with E-state index in [-0.39, 0.29) is 5.91 Å². The Morgan fingerprint density at radius 2 is 2.33 bits per heavy atom. The number of aliphatic hydroxyl groups is 1. The average Bonchev–Trinajstić information content (AvgIpc) is 3.28. The van der Waals surface area contributed by atoms with Crippen molar-refractivity contribution in [3.8, 4) is 0 Å². The first-order chi connectivity index (χ1) is 10.1. The monoisotopic (exact) mass is 305 g/mol. The first-order valence-electron chi connectivity index (χ1n) is 7.06. The summed E-state index contributed by atoms with van der Waals surface area (Å²) >= 11 is 1.51. The van der Waals surface area contributed by atoms with Crippen LogP contribution in [0.5, 0.6) is 0 Å². The van der Waals surface area contributed by atoms with Crippen molar-refractivity contribution in [2.24, 2.45) is 5.92 Å². The quantitative estimate of drug-likeness (QED) is 0.857. The van der Waals surface area contributed by atoms with Gasteiger partial charge in [-0.15, -0.1) is 0 Å². The van der Waals surface area contributed by atoms with Gasteiger partial charge in [0.05, 0.1) is 11.6 Å². The molecular weight excluding hydrogens is 286 g/mol. The van der Waals surface area contributed by atoms with Gasteiger partial charge in [0.25, 0.3) is 5.91 Å². The van der Waals surface area contributed by atoms with Crippen LogP contribution in [0, 0.1) is 5.92 Å². The second kappa shape index (κ2) is 5.69. The third kappa shape index (κ3) is 2.78. The van der Waals surface area contributed by atoms with Gasteiger partial charge in [0.15, 0.2) is 10.9 Å². The van der Waals surface area contributed by atoms with Crippen LogP contribution in [-0.2, 0) is 0 Å². The van der Waals surface area contributed by atoms with Crippen molar-refractivity contribution in [1.29, 1.82) is 0 Å². The molecule has 1 unspecified atom stereocenters. The van der Waals surface area contributed by atoms with Gasteiger partial charge in [0, 0.05) is 19.8 Å². The Labute approximate surface area is 128 Å². The summed E-state index contributed by atoms with van der Waals surface area (Å²) in [6, 6.07) is 5.71. The Kier molecular flexibility index (Phi) is 3.91. The Morgan fingerprint density at radius 1 is 1.57 bits per heavy atom. The molecule has 1 aliphatic rings. The van der Waals surface area contributed by atoms with Crippen LogP contribution in [0.3, 0.4) is 0 Å². The van der Waals surface area contributed by atoms with Crippen LogP contribution in [0.1, 0.15) is 23.3 Å². The molecule has 0 saturated heterocycles. The number of carbonyl (C=O) groups is 1. The second-order valence-electron chi connectivity index (χ2n) is 5.49. The van der Waals surface area contributed by atoms with E-state index in [0.29, 0.717) is 18.2 Å². The molecule has 0 radical (unpaired) electrons. The van der Waals surface area contributed by atoms with E-state index in [1.54, 1.807) is 11.9 Å². The molecule has 21 heavy (non-hydrogen) atoms. The van der Waals surface area contributed by atoms with Gasteiger partial charge in [-0.3, -0.25) is 9.20 Å². The number of aliphatic hydroxyl groups excluding tert-OH is 1. The molecule has 1 aliphatic carbocycles. The molecule has 0 spiro atoms. The largest absolute Gasteiger partial charge is 0.391 e. The van der Waals surface area contributed by atoms with E-state index in [9.17, 15) is 9.90 Å². The number of hydrogen-bond acceptors (Lipinski definition) is 4. The van der Waals surface area contributed by atoms with E-state index in [1.165, 1.54) is 11.8 Å². The number of carbonyl (C=O) groups excluding carboxylic acids is 1. The number of rotatable bonds is 5. The molecule has 1 fully saturated rings. The topological polar surface area (TPSA) is 57.8 Å². The number of aromatic nitrogens is 2. The summed E-state index contributed by atoms with van der Waals surface area (Å²) in [4.78, 5) is 18.6. The maximum absolute atomic E-state index is 12.6. The molecule has 5 nitrogen and oxygen atoms in total. The molecule has 1 saturated carbocycles. The Hall–Kier alpha value is -1.53. The van der Waals surface area contributed by atoms with E-state index in [2.05, 4.69) is 4.98 Å². The second-order valence-corrected chi connectivity index (χ2v) is 6.27. The minimum absolute atomic E-state index is 0.140. The number of fused-ring (bicyclic) bond motifs is 1. The van der Waals surface area contributed by atoms with Gasteiger partial charge < -0.3 is 10.0 Å². The highest BCUT2D eigenvalue weighted by atomic mass is 32.2. The lowest BCUT2D eigenvalue weighted by atomic mass is 10.2. The molecular formula is C15H19N3O2S. The highest BCUT2D eigenvalue weighted by Gasteiger charge is 2.32. The van der Waals surface area contributed by atoms with Crippen molar-refractivity contribution < 1.29 is 9.90 Å². The zero-order valence-electron chi connectivity index (χ0n) is 12.2. The van der Waals surface area contributed by atoms with Gasteiger partial charge in [0.2, 0.25) is 0 Å². The van der Waals surface area contributed by atoms with Gasteiger partial charge in [-0.25, -0.2) is 4.98 Å². The molecule has 0 bridgehead atoms. The number of pyridine rings is 1. The lowest BCUT2D eigenvalue weighted by molar-refractivity contribution is 0.0642. The average molecular weight is 305 g/mol. The predicted octanol–water partition coefficient (Wildman–Crippen LogP) is 1.90. The van der Waals surface area contributed by atoms with Crippen LogP contribution >= 0.6 is 11.8 Å². The summed E-state index contributed by atoms with van der Waals surface area (Å²) < 4.78 is 1.92. The van der Waals surface area contributed by atoms with Crippen LogP contribution in [0.4, 0.5) is 0 Å². The van der Waals surface area contributed by atoms with E-state index < -0.39 is 6.10 Å². The summed E-state index contributed by atoms with van der Waals surface area (Å²) in [5, 5.41) is 10.8. The third-order valence-corrected chi connectivity index (χ3v) is 4.53. The number of nitrogens with zero attached hydrogens (tertiary/aromatic N) is 3. The molecule has 112 valence electrons. The fourth-order valence-electron chi connectivity index (χ4n) is 2.49. The fourth-order valence-corrected chi connectivity index (χ4v) is 3.02. The Bertz CT molecular complexity index is 666. The fraction of sp³-hybridized carbons (Fsp3) is 0.467. The number of likely N-dealkylation sites (N-methyl/N-ethyl adjacent to an activating group) is 1. The van der Waals surface area contributed by atoms with Crippen molar-refractivity contribution in [1.82, 2.24) is 14.3 Å². The summed E-state index contributed by atoms with van der Waals surface area (Å²) in [6.07, 6.45) is 5.55. The van der Waals surface area contributed by atoms with Crippen molar-refractivity contribution in [2.45, 2.75) is 24.1 Å². The minimum atomic E-state index is -0.423. The van der Waals surface area contributed by atoms with E-state index >= 15 is 0 Å². The van der Waals surface area contributed by atoms with Crippen LogP contribution in [0.25, 0.3) is 5.52 Å². The summed E-state index contributed by atoms with van der Waals surface area (Å²) in [5.74, 6) is 0.222. The lowest BCUT2D eigenvalue weighted by Crippen LogP contribution is -2.35. The Balaban J connectivity index is 1.86. The van der Waals surface area contributed by atoms with E-state index in [1.807, 2.05) is 35.1 Å². The highest BCUT2D eigenvalue weighted by molar-refractivity contribution is 7.98. The van der Waals surface area contributed by atoms with Gasteiger partial charge in [0.1, 0.15) is 0 Å². The molecule has 6 heteroatoms. The minimum Gasteiger partial charge on any atom is -0.391 e. The predicted molar refractivity (Wildman–Crippen MR) is 82.7 cm³/mol. The SMILES string of the molecule is CSc1nc(C(=O)N(C)CC(O)C2CC2)c2ccccn12. The molecule has 2 aromatic rings. The first kappa shape index (κ1) is 14.4. The van der Waals surface area contributed by atoms with Gasteiger partial charge >= 0.3 is 0 Å². The van der Waals surface area contributed by atoms with Gasteiger partial charge in [-0.2, -0.15) is 0 Å². The van der Waals surface area contributed by atoms with Gasteiger partial charge in [-0.05, 0) is 37.1 Å².